The summed E-state index contributed by atoms with van der Waals surface area (Å²) in [6, 6.07) is 12.1. The molecule has 0 amide bonds. The van der Waals surface area contributed by atoms with E-state index in [0.717, 1.165) is 24.1 Å². The average Bonchev–Trinajstić information content (AvgIpc) is 3.15. The SMILES string of the molecule is O=C1CCCC2=C1C(c1ccccc1F)n1nc(SCc3ccc(F)cc3)nc1N2. The Bertz CT molecular complexity index is 1160. The van der Waals surface area contributed by atoms with Crippen LogP contribution in [0.3, 0.4) is 0 Å². The second kappa shape index (κ2) is 7.68. The number of anilines is 1. The van der Waals surface area contributed by atoms with E-state index in [1.165, 1.54) is 30.0 Å². The summed E-state index contributed by atoms with van der Waals surface area (Å²) in [5, 5.41) is 8.33. The number of allylic oxidation sites excluding steroid dienone is 2. The van der Waals surface area contributed by atoms with Crippen molar-refractivity contribution in [2.75, 3.05) is 5.32 Å². The van der Waals surface area contributed by atoms with Crippen molar-refractivity contribution in [1.29, 1.82) is 0 Å². The Hall–Kier alpha value is -3.00. The second-order valence-electron chi connectivity index (χ2n) is 7.30. The molecule has 0 fully saturated rings. The standard InChI is InChI=1S/C22H18F2N4OS/c23-14-10-8-13(9-11-14)12-30-22-26-21-25-17-6-3-7-18(29)19(17)20(28(21)27-22)15-4-1-2-5-16(15)24/h1-2,4-5,8-11,20H,3,6-7,12H2,(H,25,26,27). The highest BCUT2D eigenvalue weighted by molar-refractivity contribution is 7.98. The van der Waals surface area contributed by atoms with Crippen LogP contribution in [0, 0.1) is 11.6 Å². The Labute approximate surface area is 176 Å². The molecule has 3 aromatic rings. The van der Waals surface area contributed by atoms with E-state index in [-0.39, 0.29) is 17.4 Å². The first-order valence-electron chi connectivity index (χ1n) is 9.71. The fourth-order valence-electron chi connectivity index (χ4n) is 3.91. The summed E-state index contributed by atoms with van der Waals surface area (Å²) in [6.07, 6.45) is 1.92. The highest BCUT2D eigenvalue weighted by atomic mass is 32.2. The Kier molecular flexibility index (Phi) is 4.86. The normalized spacial score (nSPS) is 18.1. The molecule has 1 unspecified atom stereocenters. The molecule has 0 spiro atoms. The molecule has 5 nitrogen and oxygen atoms in total. The van der Waals surface area contributed by atoms with Gasteiger partial charge in [-0.1, -0.05) is 42.1 Å². The maximum atomic E-state index is 14.7. The third-order valence-electron chi connectivity index (χ3n) is 5.33. The Morgan fingerprint density at radius 1 is 1.10 bits per heavy atom. The monoisotopic (exact) mass is 424 g/mol. The van der Waals surface area contributed by atoms with Crippen LogP contribution in [0.5, 0.6) is 0 Å². The van der Waals surface area contributed by atoms with Crippen LogP contribution in [0.4, 0.5) is 14.7 Å². The Morgan fingerprint density at radius 3 is 2.70 bits per heavy atom. The number of ketones is 1. The quantitative estimate of drug-likeness (QED) is 0.606. The van der Waals surface area contributed by atoms with Crippen LogP contribution in [0.15, 0.2) is 65.0 Å². The molecule has 2 aliphatic rings. The van der Waals surface area contributed by atoms with Gasteiger partial charge in [-0.25, -0.2) is 13.5 Å². The zero-order valence-corrected chi connectivity index (χ0v) is 16.8. The fourth-order valence-corrected chi connectivity index (χ4v) is 4.70. The molecular formula is C22H18F2N4OS. The van der Waals surface area contributed by atoms with Crippen molar-refractivity contribution in [3.63, 3.8) is 0 Å². The minimum Gasteiger partial charge on any atom is -0.328 e. The van der Waals surface area contributed by atoms with E-state index in [9.17, 15) is 13.6 Å². The maximum Gasteiger partial charge on any atom is 0.227 e. The van der Waals surface area contributed by atoms with Gasteiger partial charge in [0.1, 0.15) is 17.7 Å². The molecule has 8 heteroatoms. The predicted molar refractivity (Wildman–Crippen MR) is 110 cm³/mol. The zero-order chi connectivity index (χ0) is 20.7. The van der Waals surface area contributed by atoms with Gasteiger partial charge in [0.25, 0.3) is 0 Å². The lowest BCUT2D eigenvalue weighted by molar-refractivity contribution is -0.116. The van der Waals surface area contributed by atoms with E-state index in [1.54, 1.807) is 35.0 Å². The van der Waals surface area contributed by atoms with E-state index < -0.39 is 6.04 Å². The number of nitrogens with one attached hydrogen (secondary N) is 1. The van der Waals surface area contributed by atoms with Gasteiger partial charge in [0.05, 0.1) is 0 Å². The lowest BCUT2D eigenvalue weighted by atomic mass is 9.85. The molecule has 1 aliphatic carbocycles. The van der Waals surface area contributed by atoms with E-state index in [2.05, 4.69) is 15.4 Å². The summed E-state index contributed by atoms with van der Waals surface area (Å²) in [4.78, 5) is 17.3. The molecule has 5 rings (SSSR count). The lowest BCUT2D eigenvalue weighted by Crippen LogP contribution is -2.32. The van der Waals surface area contributed by atoms with Gasteiger partial charge < -0.3 is 5.32 Å². The number of fused-ring (bicyclic) bond motifs is 1. The van der Waals surface area contributed by atoms with Crippen molar-refractivity contribution in [3.8, 4) is 0 Å². The van der Waals surface area contributed by atoms with E-state index in [4.69, 9.17) is 0 Å². The number of carbonyl (C=O) groups is 1. The second-order valence-corrected chi connectivity index (χ2v) is 8.24. The average molecular weight is 424 g/mol. The fraction of sp³-hybridized carbons (Fsp3) is 0.227. The smallest absolute Gasteiger partial charge is 0.227 e. The largest absolute Gasteiger partial charge is 0.328 e. The van der Waals surface area contributed by atoms with E-state index >= 15 is 0 Å². The number of benzene rings is 2. The third-order valence-corrected chi connectivity index (χ3v) is 6.24. The molecule has 1 N–H and O–H groups in total. The van der Waals surface area contributed by atoms with Crippen molar-refractivity contribution in [1.82, 2.24) is 14.8 Å². The molecule has 2 heterocycles. The topological polar surface area (TPSA) is 59.8 Å². The minimum atomic E-state index is -0.641. The maximum absolute atomic E-state index is 14.7. The number of hydrogen-bond acceptors (Lipinski definition) is 5. The Balaban J connectivity index is 1.51. The molecule has 1 aromatic heterocycles. The number of carbonyl (C=O) groups excluding carboxylic acids is 1. The predicted octanol–water partition coefficient (Wildman–Crippen LogP) is 4.87. The van der Waals surface area contributed by atoms with Crippen LogP contribution < -0.4 is 5.32 Å². The summed E-state index contributed by atoms with van der Waals surface area (Å²) in [5.41, 5.74) is 2.72. The summed E-state index contributed by atoms with van der Waals surface area (Å²) >= 11 is 1.41. The van der Waals surface area contributed by atoms with Crippen LogP contribution in [0.25, 0.3) is 0 Å². The minimum absolute atomic E-state index is 0.0127. The van der Waals surface area contributed by atoms with Crippen molar-refractivity contribution in [2.24, 2.45) is 0 Å². The Morgan fingerprint density at radius 2 is 1.90 bits per heavy atom. The summed E-state index contributed by atoms with van der Waals surface area (Å²) < 4.78 is 29.4. The van der Waals surface area contributed by atoms with Crippen molar-refractivity contribution >= 4 is 23.5 Å². The van der Waals surface area contributed by atoms with Gasteiger partial charge in [-0.05, 0) is 36.6 Å². The summed E-state index contributed by atoms with van der Waals surface area (Å²) in [6.45, 7) is 0. The van der Waals surface area contributed by atoms with Crippen LogP contribution in [-0.2, 0) is 10.5 Å². The third kappa shape index (κ3) is 3.41. The van der Waals surface area contributed by atoms with E-state index in [0.29, 0.717) is 34.4 Å². The van der Waals surface area contributed by atoms with Gasteiger partial charge in [-0.3, -0.25) is 4.79 Å². The van der Waals surface area contributed by atoms with E-state index in [1.807, 2.05) is 0 Å². The molecule has 0 saturated carbocycles. The first-order chi connectivity index (χ1) is 14.6. The van der Waals surface area contributed by atoms with Gasteiger partial charge in [0, 0.05) is 29.0 Å². The molecule has 0 saturated heterocycles. The van der Waals surface area contributed by atoms with Crippen LogP contribution in [-0.4, -0.2) is 20.5 Å². The molecule has 1 aliphatic heterocycles. The van der Waals surface area contributed by atoms with Gasteiger partial charge >= 0.3 is 0 Å². The first kappa shape index (κ1) is 19.0. The lowest BCUT2D eigenvalue weighted by Gasteiger charge is -2.32. The number of halogens is 2. The summed E-state index contributed by atoms with van der Waals surface area (Å²) in [7, 11) is 0. The number of aromatic nitrogens is 3. The summed E-state index contributed by atoms with van der Waals surface area (Å²) in [5.74, 6) is 0.423. The molecule has 1 atom stereocenters. The van der Waals surface area contributed by atoms with Crippen molar-refractivity contribution < 1.29 is 13.6 Å². The van der Waals surface area contributed by atoms with Gasteiger partial charge in [0.2, 0.25) is 11.1 Å². The highest BCUT2D eigenvalue weighted by Gasteiger charge is 2.37. The zero-order valence-electron chi connectivity index (χ0n) is 15.9. The van der Waals surface area contributed by atoms with Crippen molar-refractivity contribution in [2.45, 2.75) is 36.2 Å². The number of hydrogen-bond donors (Lipinski definition) is 1. The number of rotatable bonds is 4. The number of Topliss-reactive ketones (excluding diaryl/α,β-unsaturated/α-hetero) is 1. The molecule has 0 radical (unpaired) electrons. The van der Waals surface area contributed by atoms with Gasteiger partial charge in [-0.2, -0.15) is 4.98 Å². The molecule has 2 aromatic carbocycles. The number of thioether (sulfide) groups is 1. The molecular weight excluding hydrogens is 406 g/mol. The first-order valence-corrected chi connectivity index (χ1v) is 10.7. The van der Waals surface area contributed by atoms with Crippen molar-refractivity contribution in [3.05, 3.63) is 82.6 Å². The molecule has 30 heavy (non-hydrogen) atoms. The molecule has 0 bridgehead atoms. The van der Waals surface area contributed by atoms with Crippen LogP contribution >= 0.6 is 11.8 Å². The number of nitrogens with zero attached hydrogens (tertiary/aromatic N) is 3. The van der Waals surface area contributed by atoms with Gasteiger partial charge in [0.15, 0.2) is 5.78 Å². The highest BCUT2D eigenvalue weighted by Crippen LogP contribution is 2.41. The van der Waals surface area contributed by atoms with Gasteiger partial charge in [-0.15, -0.1) is 5.10 Å². The molecule has 152 valence electrons. The van der Waals surface area contributed by atoms with Crippen LogP contribution in [0.1, 0.15) is 36.4 Å². The van der Waals surface area contributed by atoms with Crippen LogP contribution in [0.2, 0.25) is 0 Å².